The molecule has 0 unspecified atom stereocenters. The van der Waals surface area contributed by atoms with Crippen molar-refractivity contribution >= 4 is 81.7 Å². The number of aromatic nitrogens is 4. The lowest BCUT2D eigenvalue weighted by molar-refractivity contribution is 0.980. The van der Waals surface area contributed by atoms with Crippen LogP contribution in [0.25, 0.3) is 121 Å². The molecular weight excluding hydrogens is 729 g/mol. The Labute approximate surface area is 344 Å². The second kappa shape index (κ2) is 12.7. The lowest BCUT2D eigenvalue weighted by atomic mass is 9.85. The van der Waals surface area contributed by atoms with Crippen molar-refractivity contribution in [3.63, 3.8) is 0 Å². The number of imidazole rings is 1. The Morgan fingerprint density at radius 3 is 1.58 bits per heavy atom. The van der Waals surface area contributed by atoms with Crippen LogP contribution in [0.2, 0.25) is 0 Å². The third-order valence-electron chi connectivity index (χ3n) is 12.5. The Bertz CT molecular complexity index is 3820. The first-order valence-electron chi connectivity index (χ1n) is 20.5. The zero-order valence-electron chi connectivity index (χ0n) is 32.4. The molecule has 4 nitrogen and oxygen atoms in total. The summed E-state index contributed by atoms with van der Waals surface area (Å²) in [5.74, 6) is 0.818. The van der Waals surface area contributed by atoms with Crippen LogP contribution in [0.15, 0.2) is 206 Å². The van der Waals surface area contributed by atoms with E-state index in [2.05, 4.69) is 215 Å². The van der Waals surface area contributed by atoms with E-state index in [0.717, 1.165) is 44.6 Å². The van der Waals surface area contributed by atoms with Gasteiger partial charge in [-0.25, -0.2) is 9.97 Å². The summed E-state index contributed by atoms with van der Waals surface area (Å²) in [4.78, 5) is 10.7. The molecule has 0 radical (unpaired) electrons. The van der Waals surface area contributed by atoms with Gasteiger partial charge in [-0.05, 0) is 108 Å². The summed E-state index contributed by atoms with van der Waals surface area (Å²) in [6.07, 6.45) is 0. The Morgan fingerprint density at radius 1 is 0.317 bits per heavy atom. The van der Waals surface area contributed by atoms with Crippen LogP contribution in [0.5, 0.6) is 0 Å². The highest BCUT2D eigenvalue weighted by molar-refractivity contribution is 6.25. The van der Waals surface area contributed by atoms with Crippen LogP contribution in [0.4, 0.5) is 0 Å². The maximum absolute atomic E-state index is 5.46. The van der Waals surface area contributed by atoms with Crippen molar-refractivity contribution in [1.82, 2.24) is 18.9 Å². The quantitative estimate of drug-likeness (QED) is 0.167. The second-order valence-corrected chi connectivity index (χ2v) is 15.7. The molecule has 0 spiro atoms. The Balaban J connectivity index is 1.11. The van der Waals surface area contributed by atoms with Crippen molar-refractivity contribution in [3.8, 4) is 39.3 Å². The van der Waals surface area contributed by atoms with Crippen LogP contribution in [0.3, 0.4) is 0 Å². The van der Waals surface area contributed by atoms with Gasteiger partial charge in [-0.15, -0.1) is 0 Å². The molecule has 0 aliphatic carbocycles. The van der Waals surface area contributed by atoms with E-state index in [4.69, 9.17) is 9.97 Å². The molecule has 0 atom stereocenters. The number of fused-ring (bicyclic) bond motifs is 12. The first kappa shape index (κ1) is 32.9. The molecule has 0 saturated heterocycles. The molecular formula is C56H34N4. The molecule has 0 bridgehead atoms. The molecule has 0 saturated carbocycles. The molecule has 0 N–H and O–H groups in total. The number of benzene rings is 10. The third kappa shape index (κ3) is 4.73. The fourth-order valence-corrected chi connectivity index (χ4v) is 9.85. The molecule has 13 aromatic rings. The maximum atomic E-state index is 5.46. The summed E-state index contributed by atoms with van der Waals surface area (Å²) in [5, 5.41) is 10.8. The standard InChI is InChI=1S/C56H34N4/c1-2-14-35(15-3-1)36-26-28-38(29-27-36)52-41-18-6-8-20-43(41)53(44-21-9-7-19-42(44)52)39-31-32-49-46(34-39)54-40-17-5-4-16-37(40)30-33-51(54)59(49)56-58-47-23-11-10-22-45(47)55-57-48-24-12-13-25-50(48)60(55)56/h1-34H. The molecule has 13 rings (SSSR count). The molecule has 3 aromatic heterocycles. The molecule has 0 aliphatic rings. The molecule has 0 fully saturated rings. The number of hydrogen-bond donors (Lipinski definition) is 0. The van der Waals surface area contributed by atoms with Gasteiger partial charge in [0.1, 0.15) is 5.65 Å². The zero-order chi connectivity index (χ0) is 39.3. The first-order chi connectivity index (χ1) is 29.8. The van der Waals surface area contributed by atoms with Crippen LogP contribution in [0, 0.1) is 0 Å². The van der Waals surface area contributed by atoms with Crippen LogP contribution < -0.4 is 0 Å². The monoisotopic (exact) mass is 762 g/mol. The summed E-state index contributed by atoms with van der Waals surface area (Å²) in [5.41, 5.74) is 13.3. The number of para-hydroxylation sites is 3. The van der Waals surface area contributed by atoms with Gasteiger partial charge in [-0.2, -0.15) is 0 Å². The van der Waals surface area contributed by atoms with Gasteiger partial charge in [0.25, 0.3) is 0 Å². The normalized spacial score (nSPS) is 12.0. The number of hydrogen-bond acceptors (Lipinski definition) is 2. The Hall–Kier alpha value is -8.08. The molecule has 4 heteroatoms. The largest absolute Gasteiger partial charge is 0.279 e. The minimum absolute atomic E-state index is 0.818. The average Bonchev–Trinajstić information content (AvgIpc) is 3.87. The fourth-order valence-electron chi connectivity index (χ4n) is 9.85. The van der Waals surface area contributed by atoms with Gasteiger partial charge in [0, 0.05) is 16.2 Å². The number of nitrogens with zero attached hydrogens (tertiary/aromatic N) is 4. The van der Waals surface area contributed by atoms with Crippen molar-refractivity contribution in [3.05, 3.63) is 206 Å². The van der Waals surface area contributed by atoms with E-state index in [1.54, 1.807) is 0 Å². The lowest BCUT2D eigenvalue weighted by Crippen LogP contribution is -2.06. The smallest absolute Gasteiger partial charge is 0.221 e. The van der Waals surface area contributed by atoms with E-state index >= 15 is 0 Å². The third-order valence-corrected chi connectivity index (χ3v) is 12.5. The lowest BCUT2D eigenvalue weighted by Gasteiger charge is -2.18. The molecule has 60 heavy (non-hydrogen) atoms. The highest BCUT2D eigenvalue weighted by Gasteiger charge is 2.23. The minimum atomic E-state index is 0.818. The predicted molar refractivity (Wildman–Crippen MR) is 251 cm³/mol. The van der Waals surface area contributed by atoms with Crippen LogP contribution in [-0.2, 0) is 0 Å². The van der Waals surface area contributed by atoms with Crippen molar-refractivity contribution < 1.29 is 0 Å². The first-order valence-corrected chi connectivity index (χ1v) is 20.5. The summed E-state index contributed by atoms with van der Waals surface area (Å²) < 4.78 is 4.60. The van der Waals surface area contributed by atoms with E-state index in [-0.39, 0.29) is 0 Å². The van der Waals surface area contributed by atoms with Crippen molar-refractivity contribution in [1.29, 1.82) is 0 Å². The molecule has 3 heterocycles. The van der Waals surface area contributed by atoms with Crippen LogP contribution in [0.1, 0.15) is 0 Å². The average molecular weight is 763 g/mol. The summed E-state index contributed by atoms with van der Waals surface area (Å²) >= 11 is 0. The van der Waals surface area contributed by atoms with E-state index < -0.39 is 0 Å². The highest BCUT2D eigenvalue weighted by Crippen LogP contribution is 2.46. The van der Waals surface area contributed by atoms with Gasteiger partial charge in [-0.3, -0.25) is 8.97 Å². The van der Waals surface area contributed by atoms with Crippen LogP contribution in [-0.4, -0.2) is 18.9 Å². The van der Waals surface area contributed by atoms with E-state index in [9.17, 15) is 0 Å². The number of rotatable bonds is 4. The topological polar surface area (TPSA) is 35.1 Å². The SMILES string of the molecule is c1ccc(-c2ccc(-c3c4ccccc4c(-c4ccc5c(c4)c4c6ccccc6ccc4n5-c4nc5ccccc5c5nc6ccccc6n45)c4ccccc34)cc2)cc1. The fraction of sp³-hybridized carbons (Fsp3) is 0. The Morgan fingerprint density at radius 2 is 0.850 bits per heavy atom. The van der Waals surface area contributed by atoms with Gasteiger partial charge < -0.3 is 0 Å². The van der Waals surface area contributed by atoms with E-state index in [1.807, 2.05) is 0 Å². The van der Waals surface area contributed by atoms with E-state index in [0.29, 0.717) is 0 Å². The minimum Gasteiger partial charge on any atom is -0.279 e. The van der Waals surface area contributed by atoms with Gasteiger partial charge >= 0.3 is 0 Å². The van der Waals surface area contributed by atoms with Gasteiger partial charge in [-0.1, -0.05) is 164 Å². The van der Waals surface area contributed by atoms with Crippen molar-refractivity contribution in [2.24, 2.45) is 0 Å². The van der Waals surface area contributed by atoms with Crippen molar-refractivity contribution in [2.45, 2.75) is 0 Å². The summed E-state index contributed by atoms with van der Waals surface area (Å²) in [6.45, 7) is 0. The predicted octanol–water partition coefficient (Wildman–Crippen LogP) is 14.6. The highest BCUT2D eigenvalue weighted by atomic mass is 15.2. The molecule has 0 amide bonds. The van der Waals surface area contributed by atoms with Crippen LogP contribution >= 0.6 is 0 Å². The van der Waals surface area contributed by atoms with Gasteiger partial charge in [0.15, 0.2) is 0 Å². The summed E-state index contributed by atoms with van der Waals surface area (Å²) in [6, 6.07) is 74.5. The van der Waals surface area contributed by atoms with Gasteiger partial charge in [0.2, 0.25) is 5.95 Å². The molecule has 278 valence electrons. The zero-order valence-corrected chi connectivity index (χ0v) is 32.4. The van der Waals surface area contributed by atoms with Gasteiger partial charge in [0.05, 0.1) is 27.6 Å². The molecule has 10 aromatic carbocycles. The van der Waals surface area contributed by atoms with Crippen molar-refractivity contribution in [2.75, 3.05) is 0 Å². The maximum Gasteiger partial charge on any atom is 0.221 e. The summed E-state index contributed by atoms with van der Waals surface area (Å²) in [7, 11) is 0. The molecule has 0 aliphatic heterocycles. The van der Waals surface area contributed by atoms with E-state index in [1.165, 1.54) is 76.5 Å². The second-order valence-electron chi connectivity index (χ2n) is 15.7. The Kier molecular flexibility index (Phi) is 6.98.